The van der Waals surface area contributed by atoms with Gasteiger partial charge >= 0.3 is 0 Å². The molecule has 1 atom stereocenters. The lowest BCUT2D eigenvalue weighted by molar-refractivity contribution is 0.0973. The van der Waals surface area contributed by atoms with Crippen LogP contribution in [-0.4, -0.2) is 5.11 Å². The minimum atomic E-state index is -1.43. The fraction of sp³-hybridized carbons (Fsp3) is 0.200. The van der Waals surface area contributed by atoms with Gasteiger partial charge in [0, 0.05) is 10.0 Å². The lowest BCUT2D eigenvalue weighted by atomic mass is 9.85. The van der Waals surface area contributed by atoms with Gasteiger partial charge in [-0.2, -0.15) is 0 Å². The van der Waals surface area contributed by atoms with Crippen LogP contribution in [0.1, 0.15) is 23.6 Å². The molecule has 0 spiro atoms. The molecule has 1 unspecified atom stereocenters. The van der Waals surface area contributed by atoms with Gasteiger partial charge < -0.3 is 5.11 Å². The predicted octanol–water partition coefficient (Wildman–Crippen LogP) is 4.81. The molecule has 2 aromatic carbocycles. The molecule has 0 heterocycles. The van der Waals surface area contributed by atoms with Gasteiger partial charge in [-0.05, 0) is 47.0 Å². The van der Waals surface area contributed by atoms with Crippen LogP contribution in [0.15, 0.2) is 40.9 Å². The average molecular weight is 344 g/mol. The van der Waals surface area contributed by atoms with Crippen molar-refractivity contribution in [2.45, 2.75) is 19.4 Å². The van der Waals surface area contributed by atoms with Crippen LogP contribution in [-0.2, 0) is 5.60 Å². The van der Waals surface area contributed by atoms with Crippen LogP contribution in [0.3, 0.4) is 0 Å². The first-order valence-corrected chi connectivity index (χ1v) is 6.95. The highest BCUT2D eigenvalue weighted by molar-refractivity contribution is 9.10. The zero-order valence-corrected chi connectivity index (χ0v) is 12.9. The van der Waals surface area contributed by atoms with Crippen molar-refractivity contribution in [2.24, 2.45) is 0 Å². The maximum atomic E-state index is 14.3. The van der Waals surface area contributed by atoms with Gasteiger partial charge in [-0.25, -0.2) is 4.39 Å². The van der Waals surface area contributed by atoms with Crippen LogP contribution in [0, 0.1) is 12.7 Å². The van der Waals surface area contributed by atoms with Gasteiger partial charge in [0.05, 0.1) is 5.02 Å². The van der Waals surface area contributed by atoms with Crippen molar-refractivity contribution in [2.75, 3.05) is 0 Å². The number of rotatable bonds is 2. The Labute approximate surface area is 125 Å². The Morgan fingerprint density at radius 2 is 1.79 bits per heavy atom. The summed E-state index contributed by atoms with van der Waals surface area (Å²) in [6.07, 6.45) is 0. The highest BCUT2D eigenvalue weighted by Crippen LogP contribution is 2.37. The van der Waals surface area contributed by atoms with Crippen LogP contribution < -0.4 is 0 Å². The van der Waals surface area contributed by atoms with E-state index in [0.717, 1.165) is 5.56 Å². The fourth-order valence-electron chi connectivity index (χ4n) is 2.17. The first-order valence-electron chi connectivity index (χ1n) is 5.78. The highest BCUT2D eigenvalue weighted by atomic mass is 79.9. The molecule has 0 aliphatic carbocycles. The Balaban J connectivity index is 2.64. The molecule has 0 aliphatic rings. The maximum Gasteiger partial charge on any atom is 0.149 e. The van der Waals surface area contributed by atoms with Crippen LogP contribution in [0.5, 0.6) is 0 Å². The second-order valence-corrected chi connectivity index (χ2v) is 5.84. The third kappa shape index (κ3) is 2.55. The van der Waals surface area contributed by atoms with Crippen molar-refractivity contribution in [3.05, 3.63) is 68.4 Å². The number of aryl methyl sites for hydroxylation is 1. The summed E-state index contributed by atoms with van der Waals surface area (Å²) >= 11 is 9.05. The summed E-state index contributed by atoms with van der Waals surface area (Å²) in [6, 6.07) is 10.5. The fourth-order valence-corrected chi connectivity index (χ4v) is 2.64. The molecule has 4 heteroatoms. The third-order valence-corrected chi connectivity index (χ3v) is 4.49. The second kappa shape index (κ2) is 5.23. The second-order valence-electron chi connectivity index (χ2n) is 4.61. The molecule has 2 rings (SSSR count). The SMILES string of the molecule is Cc1ccccc1C(C)(O)c1ccc(Br)c(Cl)c1F. The van der Waals surface area contributed by atoms with Crippen molar-refractivity contribution >= 4 is 27.5 Å². The van der Waals surface area contributed by atoms with Gasteiger partial charge in [0.25, 0.3) is 0 Å². The Kier molecular flexibility index (Phi) is 4.00. The smallest absolute Gasteiger partial charge is 0.149 e. The molecule has 0 aromatic heterocycles. The first kappa shape index (κ1) is 14.5. The number of hydrogen-bond acceptors (Lipinski definition) is 1. The predicted molar refractivity (Wildman–Crippen MR) is 79.0 cm³/mol. The molecular weight excluding hydrogens is 331 g/mol. The van der Waals surface area contributed by atoms with E-state index in [1.807, 2.05) is 25.1 Å². The Morgan fingerprint density at radius 1 is 1.16 bits per heavy atom. The van der Waals surface area contributed by atoms with Gasteiger partial charge in [0.15, 0.2) is 0 Å². The van der Waals surface area contributed by atoms with Crippen molar-refractivity contribution < 1.29 is 9.50 Å². The van der Waals surface area contributed by atoms with E-state index in [2.05, 4.69) is 15.9 Å². The van der Waals surface area contributed by atoms with Crippen molar-refractivity contribution in [1.29, 1.82) is 0 Å². The van der Waals surface area contributed by atoms with E-state index < -0.39 is 11.4 Å². The van der Waals surface area contributed by atoms with Gasteiger partial charge in [-0.1, -0.05) is 41.9 Å². The highest BCUT2D eigenvalue weighted by Gasteiger charge is 2.31. The van der Waals surface area contributed by atoms with Crippen LogP contribution >= 0.6 is 27.5 Å². The molecule has 1 N–H and O–H groups in total. The van der Waals surface area contributed by atoms with E-state index >= 15 is 0 Å². The number of aliphatic hydroxyl groups is 1. The summed E-state index contributed by atoms with van der Waals surface area (Å²) in [7, 11) is 0. The third-order valence-electron chi connectivity index (χ3n) is 3.23. The standard InChI is InChI=1S/C15H13BrClFO/c1-9-5-3-4-6-10(9)15(2,19)11-7-8-12(16)13(17)14(11)18/h3-8,19H,1-2H3. The topological polar surface area (TPSA) is 20.2 Å². The van der Waals surface area contributed by atoms with Gasteiger partial charge in [-0.15, -0.1) is 0 Å². The number of halogens is 3. The molecule has 19 heavy (non-hydrogen) atoms. The molecule has 2 aromatic rings. The normalized spacial score (nSPS) is 14.2. The Morgan fingerprint density at radius 3 is 2.42 bits per heavy atom. The summed E-state index contributed by atoms with van der Waals surface area (Å²) in [5.74, 6) is -0.607. The van der Waals surface area contributed by atoms with E-state index in [1.165, 1.54) is 6.07 Å². The molecule has 0 bridgehead atoms. The molecule has 0 radical (unpaired) electrons. The zero-order valence-electron chi connectivity index (χ0n) is 10.5. The van der Waals surface area contributed by atoms with Crippen LogP contribution in [0.25, 0.3) is 0 Å². The number of hydrogen-bond donors (Lipinski definition) is 1. The lowest BCUT2D eigenvalue weighted by Gasteiger charge is -2.27. The molecule has 0 amide bonds. The monoisotopic (exact) mass is 342 g/mol. The maximum absolute atomic E-state index is 14.3. The lowest BCUT2D eigenvalue weighted by Crippen LogP contribution is -2.25. The molecule has 0 saturated heterocycles. The molecular formula is C15H13BrClFO. The molecule has 0 saturated carbocycles. The van der Waals surface area contributed by atoms with E-state index in [-0.39, 0.29) is 10.6 Å². The molecule has 0 aliphatic heterocycles. The summed E-state index contributed by atoms with van der Waals surface area (Å²) < 4.78 is 14.7. The van der Waals surface area contributed by atoms with Crippen LogP contribution in [0.4, 0.5) is 4.39 Å². The van der Waals surface area contributed by atoms with Crippen LogP contribution in [0.2, 0.25) is 5.02 Å². The quantitative estimate of drug-likeness (QED) is 0.776. The summed E-state index contributed by atoms with van der Waals surface area (Å²) in [4.78, 5) is 0. The van der Waals surface area contributed by atoms with Gasteiger partial charge in [0.2, 0.25) is 0 Å². The first-order chi connectivity index (χ1) is 8.85. The summed E-state index contributed by atoms with van der Waals surface area (Å²) in [6.45, 7) is 3.44. The van der Waals surface area contributed by atoms with Gasteiger partial charge in [-0.3, -0.25) is 0 Å². The largest absolute Gasteiger partial charge is 0.381 e. The summed E-state index contributed by atoms with van der Waals surface area (Å²) in [5.41, 5.74) is 0.285. The Hall–Kier alpha value is -0.900. The van der Waals surface area contributed by atoms with E-state index in [9.17, 15) is 9.50 Å². The van der Waals surface area contributed by atoms with Gasteiger partial charge in [0.1, 0.15) is 11.4 Å². The summed E-state index contributed by atoms with van der Waals surface area (Å²) in [5, 5.41) is 10.7. The Bertz CT molecular complexity index is 626. The van der Waals surface area contributed by atoms with Crippen molar-refractivity contribution in [3.8, 4) is 0 Å². The number of benzene rings is 2. The average Bonchev–Trinajstić information content (AvgIpc) is 2.36. The van der Waals surface area contributed by atoms with Crippen molar-refractivity contribution in [3.63, 3.8) is 0 Å². The van der Waals surface area contributed by atoms with E-state index in [4.69, 9.17) is 11.6 Å². The molecule has 0 fully saturated rings. The zero-order chi connectivity index (χ0) is 14.2. The molecule has 1 nitrogen and oxygen atoms in total. The van der Waals surface area contributed by atoms with E-state index in [0.29, 0.717) is 10.0 Å². The molecule has 100 valence electrons. The minimum Gasteiger partial charge on any atom is -0.381 e. The van der Waals surface area contributed by atoms with Crippen molar-refractivity contribution in [1.82, 2.24) is 0 Å². The van der Waals surface area contributed by atoms with E-state index in [1.54, 1.807) is 19.1 Å². The minimum absolute atomic E-state index is 0.0219.